The van der Waals surface area contributed by atoms with Crippen LogP contribution in [0.2, 0.25) is 0 Å². The molecule has 24 heavy (non-hydrogen) atoms. The molecule has 1 fully saturated rings. The van der Waals surface area contributed by atoms with E-state index in [2.05, 4.69) is 29.8 Å². The fourth-order valence-corrected chi connectivity index (χ4v) is 3.23. The molecule has 0 spiro atoms. The molecule has 4 rings (SSSR count). The predicted molar refractivity (Wildman–Crippen MR) is 90.1 cm³/mol. The third-order valence-electron chi connectivity index (χ3n) is 4.38. The molecule has 7 nitrogen and oxygen atoms in total. The highest BCUT2D eigenvalue weighted by atomic mass is 15.2. The molecule has 0 amide bonds. The van der Waals surface area contributed by atoms with E-state index >= 15 is 0 Å². The summed E-state index contributed by atoms with van der Waals surface area (Å²) in [6.07, 6.45) is 12.8. The maximum atomic E-state index is 4.63. The molecule has 1 unspecified atom stereocenters. The molecule has 0 aromatic carbocycles. The van der Waals surface area contributed by atoms with Crippen LogP contribution < -0.4 is 4.90 Å². The number of anilines is 1. The molecule has 1 atom stereocenters. The molecule has 0 radical (unpaired) electrons. The SMILES string of the molecule is Cc1cc(N2CCCC(c3nccnc3-n3ccnc3)C2)ncn1. The molecule has 4 heterocycles. The smallest absolute Gasteiger partial charge is 0.160 e. The van der Waals surface area contributed by atoms with E-state index in [0.29, 0.717) is 5.92 Å². The van der Waals surface area contributed by atoms with Gasteiger partial charge >= 0.3 is 0 Å². The summed E-state index contributed by atoms with van der Waals surface area (Å²) in [7, 11) is 0. The first-order chi connectivity index (χ1) is 11.8. The van der Waals surface area contributed by atoms with E-state index in [0.717, 1.165) is 49.0 Å². The first-order valence-electron chi connectivity index (χ1n) is 8.14. The van der Waals surface area contributed by atoms with Gasteiger partial charge in [0.25, 0.3) is 0 Å². The molecule has 0 aliphatic carbocycles. The van der Waals surface area contributed by atoms with E-state index in [9.17, 15) is 0 Å². The number of nitrogens with zero attached hydrogens (tertiary/aromatic N) is 7. The van der Waals surface area contributed by atoms with Crippen LogP contribution >= 0.6 is 0 Å². The van der Waals surface area contributed by atoms with Gasteiger partial charge in [0, 0.05) is 55.6 Å². The topological polar surface area (TPSA) is 72.6 Å². The van der Waals surface area contributed by atoms with Crippen LogP contribution in [0.4, 0.5) is 5.82 Å². The van der Waals surface area contributed by atoms with Crippen LogP contribution in [0.25, 0.3) is 5.82 Å². The molecule has 122 valence electrons. The zero-order chi connectivity index (χ0) is 16.4. The average Bonchev–Trinajstić information content (AvgIpc) is 3.16. The minimum Gasteiger partial charge on any atom is -0.356 e. The third kappa shape index (κ3) is 2.84. The van der Waals surface area contributed by atoms with Gasteiger partial charge in [0.1, 0.15) is 18.5 Å². The van der Waals surface area contributed by atoms with Crippen molar-refractivity contribution in [1.29, 1.82) is 0 Å². The highest BCUT2D eigenvalue weighted by Gasteiger charge is 2.26. The first kappa shape index (κ1) is 14.7. The van der Waals surface area contributed by atoms with Crippen LogP contribution in [-0.2, 0) is 0 Å². The van der Waals surface area contributed by atoms with Crippen molar-refractivity contribution in [2.45, 2.75) is 25.7 Å². The van der Waals surface area contributed by atoms with Crippen molar-refractivity contribution in [3.8, 4) is 5.82 Å². The lowest BCUT2D eigenvalue weighted by Crippen LogP contribution is -2.35. The number of aromatic nitrogens is 6. The maximum absolute atomic E-state index is 4.63. The molecule has 1 aliphatic heterocycles. The van der Waals surface area contributed by atoms with E-state index < -0.39 is 0 Å². The van der Waals surface area contributed by atoms with Gasteiger partial charge in [-0.2, -0.15) is 0 Å². The van der Waals surface area contributed by atoms with E-state index in [1.54, 1.807) is 31.2 Å². The van der Waals surface area contributed by atoms with Crippen molar-refractivity contribution in [1.82, 2.24) is 29.5 Å². The normalized spacial score (nSPS) is 17.9. The summed E-state index contributed by atoms with van der Waals surface area (Å²) >= 11 is 0. The molecule has 3 aromatic rings. The number of rotatable bonds is 3. The minimum absolute atomic E-state index is 0.320. The summed E-state index contributed by atoms with van der Waals surface area (Å²) in [5.74, 6) is 2.17. The number of hydrogen-bond acceptors (Lipinski definition) is 6. The van der Waals surface area contributed by atoms with Crippen LogP contribution in [0.3, 0.4) is 0 Å². The van der Waals surface area contributed by atoms with Crippen molar-refractivity contribution in [2.24, 2.45) is 0 Å². The Kier molecular flexibility index (Phi) is 3.90. The second-order valence-corrected chi connectivity index (χ2v) is 6.04. The zero-order valence-corrected chi connectivity index (χ0v) is 13.6. The molecular formula is C17H19N7. The lowest BCUT2D eigenvalue weighted by atomic mass is 9.94. The predicted octanol–water partition coefficient (Wildman–Crippen LogP) is 2.14. The highest BCUT2D eigenvalue weighted by Crippen LogP contribution is 2.30. The zero-order valence-electron chi connectivity index (χ0n) is 13.6. The second-order valence-electron chi connectivity index (χ2n) is 6.04. The van der Waals surface area contributed by atoms with Gasteiger partial charge in [0.05, 0.1) is 5.69 Å². The lowest BCUT2D eigenvalue weighted by Gasteiger charge is -2.33. The van der Waals surface area contributed by atoms with Gasteiger partial charge in [0.2, 0.25) is 0 Å². The summed E-state index contributed by atoms with van der Waals surface area (Å²) in [6, 6.07) is 2.04. The first-order valence-corrected chi connectivity index (χ1v) is 8.14. The molecule has 0 bridgehead atoms. The summed E-state index contributed by atoms with van der Waals surface area (Å²) in [6.45, 7) is 3.89. The minimum atomic E-state index is 0.320. The fraction of sp³-hybridized carbons (Fsp3) is 0.353. The standard InChI is InChI=1S/C17H19N7/c1-13-9-15(22-11-21-13)23-7-2-3-14(10-23)16-17(20-5-4-19-16)24-8-6-18-12-24/h4-6,8-9,11-12,14H,2-3,7,10H2,1H3. The monoisotopic (exact) mass is 321 g/mol. The van der Waals surface area contributed by atoms with Gasteiger partial charge in [-0.05, 0) is 19.8 Å². The Hall–Kier alpha value is -2.83. The Morgan fingerprint density at radius 1 is 1.08 bits per heavy atom. The molecule has 7 heteroatoms. The van der Waals surface area contributed by atoms with Gasteiger partial charge in [-0.25, -0.2) is 19.9 Å². The number of aryl methyl sites for hydroxylation is 1. The Morgan fingerprint density at radius 3 is 2.83 bits per heavy atom. The van der Waals surface area contributed by atoms with Crippen LogP contribution in [0, 0.1) is 6.92 Å². The summed E-state index contributed by atoms with van der Waals surface area (Å²) in [5.41, 5.74) is 2.01. The Balaban J connectivity index is 1.63. The third-order valence-corrected chi connectivity index (χ3v) is 4.38. The quantitative estimate of drug-likeness (QED) is 0.736. The molecule has 3 aromatic heterocycles. The summed E-state index contributed by atoms with van der Waals surface area (Å²) in [5, 5.41) is 0. The van der Waals surface area contributed by atoms with Gasteiger partial charge < -0.3 is 4.90 Å². The van der Waals surface area contributed by atoms with Crippen LogP contribution in [0.1, 0.15) is 30.1 Å². The second kappa shape index (κ2) is 6.35. The number of hydrogen-bond donors (Lipinski definition) is 0. The molecule has 0 saturated carbocycles. The summed E-state index contributed by atoms with van der Waals surface area (Å²) in [4.78, 5) is 24.2. The van der Waals surface area contributed by atoms with E-state index in [-0.39, 0.29) is 0 Å². The largest absolute Gasteiger partial charge is 0.356 e. The fourth-order valence-electron chi connectivity index (χ4n) is 3.23. The average molecular weight is 321 g/mol. The van der Waals surface area contributed by atoms with Crippen molar-refractivity contribution >= 4 is 5.82 Å². The maximum Gasteiger partial charge on any atom is 0.160 e. The lowest BCUT2D eigenvalue weighted by molar-refractivity contribution is 0.495. The number of imidazole rings is 1. The van der Waals surface area contributed by atoms with Gasteiger partial charge in [-0.1, -0.05) is 0 Å². The van der Waals surface area contributed by atoms with Gasteiger partial charge in [-0.3, -0.25) is 9.55 Å². The number of piperidine rings is 1. The Labute approximate surface area is 140 Å². The van der Waals surface area contributed by atoms with E-state index in [1.807, 2.05) is 23.8 Å². The molecule has 1 saturated heterocycles. The van der Waals surface area contributed by atoms with Crippen molar-refractivity contribution in [3.63, 3.8) is 0 Å². The Bertz CT molecular complexity index is 815. The van der Waals surface area contributed by atoms with E-state index in [1.165, 1.54) is 0 Å². The van der Waals surface area contributed by atoms with Crippen molar-refractivity contribution in [2.75, 3.05) is 18.0 Å². The van der Waals surface area contributed by atoms with Crippen molar-refractivity contribution < 1.29 is 0 Å². The van der Waals surface area contributed by atoms with Crippen LogP contribution in [-0.4, -0.2) is 42.6 Å². The van der Waals surface area contributed by atoms with Gasteiger partial charge in [-0.15, -0.1) is 0 Å². The van der Waals surface area contributed by atoms with Gasteiger partial charge in [0.15, 0.2) is 5.82 Å². The van der Waals surface area contributed by atoms with E-state index in [4.69, 9.17) is 0 Å². The highest BCUT2D eigenvalue weighted by molar-refractivity contribution is 5.41. The molecular weight excluding hydrogens is 302 g/mol. The molecule has 0 N–H and O–H groups in total. The van der Waals surface area contributed by atoms with Crippen molar-refractivity contribution in [3.05, 3.63) is 54.9 Å². The molecule has 1 aliphatic rings. The van der Waals surface area contributed by atoms with Crippen LogP contribution in [0.5, 0.6) is 0 Å². The summed E-state index contributed by atoms with van der Waals surface area (Å²) < 4.78 is 1.93. The Morgan fingerprint density at radius 2 is 2.00 bits per heavy atom. The van der Waals surface area contributed by atoms with Crippen LogP contribution in [0.15, 0.2) is 43.5 Å².